The molecule has 1 saturated heterocycles. The van der Waals surface area contributed by atoms with Crippen LogP contribution in [0.15, 0.2) is 12.3 Å². The molecule has 0 amide bonds. The van der Waals surface area contributed by atoms with E-state index in [4.69, 9.17) is 5.11 Å². The molecule has 3 heterocycles. The van der Waals surface area contributed by atoms with Crippen LogP contribution in [0, 0.1) is 19.8 Å². The number of rotatable bonds is 3. The van der Waals surface area contributed by atoms with Gasteiger partial charge in [-0.2, -0.15) is 0 Å². The Balaban J connectivity index is 1.76. The Kier molecular flexibility index (Phi) is 2.74. The lowest BCUT2D eigenvalue weighted by atomic mass is 10.0. The van der Waals surface area contributed by atoms with Crippen LogP contribution in [0.3, 0.4) is 0 Å². The van der Waals surface area contributed by atoms with Crippen molar-refractivity contribution in [3.8, 4) is 0 Å². The third kappa shape index (κ3) is 2.19. The molecular weight excluding hydrogens is 244 g/mol. The van der Waals surface area contributed by atoms with Crippen LogP contribution >= 0.6 is 0 Å². The molecule has 0 unspecified atom stereocenters. The monoisotopic (exact) mass is 260 g/mol. The smallest absolute Gasteiger partial charge is 0.309 e. The van der Waals surface area contributed by atoms with Gasteiger partial charge in [0.2, 0.25) is 5.78 Å². The van der Waals surface area contributed by atoms with E-state index in [0.29, 0.717) is 25.4 Å². The first-order valence-electron chi connectivity index (χ1n) is 6.30. The highest BCUT2D eigenvalue weighted by Crippen LogP contribution is 2.19. The van der Waals surface area contributed by atoms with Gasteiger partial charge >= 0.3 is 5.97 Å². The van der Waals surface area contributed by atoms with Gasteiger partial charge in [-0.3, -0.25) is 14.1 Å². The number of carboxylic acids is 1. The molecule has 0 radical (unpaired) electrons. The standard InChI is InChI=1S/C13H16N4O2/c1-8-3-9(2)17-7-11(15-13(17)14-8)6-16-4-10(5-16)12(18)19/h3,7,10H,4-6H2,1-2H3,(H,18,19). The highest BCUT2D eigenvalue weighted by Gasteiger charge is 2.32. The zero-order valence-electron chi connectivity index (χ0n) is 11.0. The van der Waals surface area contributed by atoms with Crippen LogP contribution in [0.1, 0.15) is 17.1 Å². The number of aryl methyl sites for hydroxylation is 2. The van der Waals surface area contributed by atoms with Gasteiger partial charge in [0, 0.05) is 37.2 Å². The number of imidazole rings is 1. The first kappa shape index (κ1) is 12.1. The zero-order valence-corrected chi connectivity index (χ0v) is 11.0. The second-order valence-corrected chi connectivity index (χ2v) is 5.17. The van der Waals surface area contributed by atoms with Crippen molar-refractivity contribution in [1.29, 1.82) is 0 Å². The molecule has 2 aromatic heterocycles. The number of aromatic nitrogens is 3. The summed E-state index contributed by atoms with van der Waals surface area (Å²) >= 11 is 0. The van der Waals surface area contributed by atoms with Gasteiger partial charge in [-0.1, -0.05) is 0 Å². The second-order valence-electron chi connectivity index (χ2n) is 5.17. The maximum absolute atomic E-state index is 10.7. The highest BCUT2D eigenvalue weighted by molar-refractivity contribution is 5.71. The number of fused-ring (bicyclic) bond motifs is 1. The predicted octanol–water partition coefficient (Wildman–Crippen LogP) is 0.863. The van der Waals surface area contributed by atoms with E-state index >= 15 is 0 Å². The summed E-state index contributed by atoms with van der Waals surface area (Å²) in [6.45, 7) is 5.88. The average Bonchev–Trinajstić information content (AvgIpc) is 2.65. The molecule has 2 aromatic rings. The van der Waals surface area contributed by atoms with Crippen LogP contribution in [-0.4, -0.2) is 43.4 Å². The minimum atomic E-state index is -0.709. The van der Waals surface area contributed by atoms with E-state index in [1.54, 1.807) is 0 Å². The third-order valence-electron chi connectivity index (χ3n) is 3.50. The number of carbonyl (C=O) groups is 1. The Hall–Kier alpha value is -1.95. The van der Waals surface area contributed by atoms with Gasteiger partial charge in [0.25, 0.3) is 0 Å². The van der Waals surface area contributed by atoms with E-state index < -0.39 is 5.97 Å². The maximum Gasteiger partial charge on any atom is 0.309 e. The van der Waals surface area contributed by atoms with Crippen LogP contribution in [0.25, 0.3) is 5.78 Å². The molecule has 0 bridgehead atoms. The third-order valence-corrected chi connectivity index (χ3v) is 3.50. The summed E-state index contributed by atoms with van der Waals surface area (Å²) in [5, 5.41) is 8.84. The van der Waals surface area contributed by atoms with Crippen LogP contribution in [-0.2, 0) is 11.3 Å². The van der Waals surface area contributed by atoms with Gasteiger partial charge in [0.05, 0.1) is 11.6 Å². The Bertz CT molecular complexity index is 643. The lowest BCUT2D eigenvalue weighted by molar-refractivity contribution is -0.147. The lowest BCUT2D eigenvalue weighted by Crippen LogP contribution is -2.49. The van der Waals surface area contributed by atoms with Gasteiger partial charge in [-0.15, -0.1) is 0 Å². The summed E-state index contributed by atoms with van der Waals surface area (Å²) in [6.07, 6.45) is 1.98. The van der Waals surface area contributed by atoms with Gasteiger partial charge in [-0.25, -0.2) is 9.97 Å². The largest absolute Gasteiger partial charge is 0.481 e. The molecular formula is C13H16N4O2. The quantitative estimate of drug-likeness (QED) is 0.886. The first-order chi connectivity index (χ1) is 9.02. The Morgan fingerprint density at radius 3 is 2.84 bits per heavy atom. The zero-order chi connectivity index (χ0) is 13.6. The SMILES string of the molecule is Cc1cc(C)n2cc(CN3CC(C(=O)O)C3)nc2n1. The Morgan fingerprint density at radius 1 is 1.42 bits per heavy atom. The summed E-state index contributed by atoms with van der Waals surface area (Å²) in [5.41, 5.74) is 3.00. The summed E-state index contributed by atoms with van der Waals surface area (Å²) in [7, 11) is 0. The fourth-order valence-electron chi connectivity index (χ4n) is 2.48. The Labute approximate surface area is 110 Å². The van der Waals surface area contributed by atoms with Gasteiger partial charge in [0.1, 0.15) is 0 Å². The van der Waals surface area contributed by atoms with E-state index in [0.717, 1.165) is 17.1 Å². The molecule has 1 fully saturated rings. The molecule has 100 valence electrons. The molecule has 6 nitrogen and oxygen atoms in total. The van der Waals surface area contributed by atoms with E-state index in [-0.39, 0.29) is 5.92 Å². The molecule has 6 heteroatoms. The van der Waals surface area contributed by atoms with Crippen molar-refractivity contribution in [1.82, 2.24) is 19.3 Å². The molecule has 3 rings (SSSR count). The van der Waals surface area contributed by atoms with Crippen molar-refractivity contribution in [2.75, 3.05) is 13.1 Å². The molecule has 1 N–H and O–H groups in total. The van der Waals surface area contributed by atoms with Crippen molar-refractivity contribution in [3.63, 3.8) is 0 Å². The fourth-order valence-corrected chi connectivity index (χ4v) is 2.48. The predicted molar refractivity (Wildman–Crippen MR) is 68.9 cm³/mol. The molecule has 0 aromatic carbocycles. The van der Waals surface area contributed by atoms with Crippen LogP contribution < -0.4 is 0 Å². The van der Waals surface area contributed by atoms with E-state index in [1.165, 1.54) is 0 Å². The number of hydrogen-bond donors (Lipinski definition) is 1. The lowest BCUT2D eigenvalue weighted by Gasteiger charge is -2.35. The molecule has 0 atom stereocenters. The van der Waals surface area contributed by atoms with E-state index in [1.807, 2.05) is 30.5 Å². The van der Waals surface area contributed by atoms with Crippen molar-refractivity contribution >= 4 is 11.7 Å². The van der Waals surface area contributed by atoms with Crippen LogP contribution in [0.2, 0.25) is 0 Å². The fraction of sp³-hybridized carbons (Fsp3) is 0.462. The van der Waals surface area contributed by atoms with Crippen LogP contribution in [0.4, 0.5) is 0 Å². The van der Waals surface area contributed by atoms with Gasteiger partial charge in [0.15, 0.2) is 0 Å². The Morgan fingerprint density at radius 2 is 2.16 bits per heavy atom. The minimum Gasteiger partial charge on any atom is -0.481 e. The first-order valence-corrected chi connectivity index (χ1v) is 6.30. The summed E-state index contributed by atoms with van der Waals surface area (Å²) < 4.78 is 1.97. The number of nitrogens with zero attached hydrogens (tertiary/aromatic N) is 4. The summed E-state index contributed by atoms with van der Waals surface area (Å²) in [4.78, 5) is 21.7. The maximum atomic E-state index is 10.7. The van der Waals surface area contributed by atoms with E-state index in [2.05, 4.69) is 14.9 Å². The van der Waals surface area contributed by atoms with Crippen LogP contribution in [0.5, 0.6) is 0 Å². The van der Waals surface area contributed by atoms with Gasteiger partial charge < -0.3 is 5.11 Å². The normalized spacial score (nSPS) is 16.7. The number of carboxylic acid groups (broad SMARTS) is 1. The average molecular weight is 260 g/mol. The summed E-state index contributed by atoms with van der Waals surface area (Å²) in [6, 6.07) is 2.02. The molecule has 0 aliphatic carbocycles. The van der Waals surface area contributed by atoms with Crippen molar-refractivity contribution in [2.45, 2.75) is 20.4 Å². The number of hydrogen-bond acceptors (Lipinski definition) is 4. The van der Waals surface area contributed by atoms with Crippen molar-refractivity contribution in [3.05, 3.63) is 29.3 Å². The minimum absolute atomic E-state index is 0.223. The van der Waals surface area contributed by atoms with Gasteiger partial charge in [-0.05, 0) is 19.9 Å². The molecule has 0 saturated carbocycles. The highest BCUT2D eigenvalue weighted by atomic mass is 16.4. The van der Waals surface area contributed by atoms with Crippen molar-refractivity contribution in [2.24, 2.45) is 5.92 Å². The number of aliphatic carboxylic acids is 1. The molecule has 1 aliphatic rings. The summed E-state index contributed by atoms with van der Waals surface area (Å²) in [5.74, 6) is -0.221. The molecule has 0 spiro atoms. The van der Waals surface area contributed by atoms with Crippen molar-refractivity contribution < 1.29 is 9.90 Å². The second kappa shape index (κ2) is 4.31. The number of likely N-dealkylation sites (tertiary alicyclic amines) is 1. The molecule has 1 aliphatic heterocycles. The topological polar surface area (TPSA) is 70.7 Å². The van der Waals surface area contributed by atoms with E-state index in [9.17, 15) is 4.79 Å². The molecule has 19 heavy (non-hydrogen) atoms.